The van der Waals surface area contributed by atoms with Crippen molar-refractivity contribution in [1.29, 1.82) is 0 Å². The van der Waals surface area contributed by atoms with Crippen LogP contribution in [0.15, 0.2) is 48.5 Å². The van der Waals surface area contributed by atoms with E-state index in [0.717, 1.165) is 30.3 Å². The number of rotatable bonds is 2. The van der Waals surface area contributed by atoms with E-state index in [1.807, 2.05) is 37.4 Å². The number of piperazine rings is 1. The van der Waals surface area contributed by atoms with Gasteiger partial charge in [-0.2, -0.15) is 0 Å². The highest BCUT2D eigenvalue weighted by Crippen LogP contribution is 2.26. The second-order valence-corrected chi connectivity index (χ2v) is 5.85. The van der Waals surface area contributed by atoms with Gasteiger partial charge in [-0.3, -0.25) is 4.79 Å². The molecule has 1 amide bonds. The largest absolute Gasteiger partial charge is 0.329 e. The summed E-state index contributed by atoms with van der Waals surface area (Å²) in [6.45, 7) is 1.94. The van der Waals surface area contributed by atoms with Crippen molar-refractivity contribution in [3.63, 3.8) is 0 Å². The van der Waals surface area contributed by atoms with Crippen LogP contribution in [0.5, 0.6) is 0 Å². The molecule has 1 fully saturated rings. The van der Waals surface area contributed by atoms with E-state index in [2.05, 4.69) is 4.90 Å². The van der Waals surface area contributed by atoms with Crippen LogP contribution < -0.4 is 0 Å². The van der Waals surface area contributed by atoms with E-state index in [0.29, 0.717) is 13.1 Å². The summed E-state index contributed by atoms with van der Waals surface area (Å²) in [7, 11) is 2.00. The maximum absolute atomic E-state index is 13.4. The van der Waals surface area contributed by atoms with Crippen molar-refractivity contribution < 1.29 is 13.6 Å². The molecule has 5 heteroatoms. The molecular formula is C18H18F2N2O. The van der Waals surface area contributed by atoms with Crippen LogP contribution in [0, 0.1) is 11.6 Å². The summed E-state index contributed by atoms with van der Waals surface area (Å²) in [5.74, 6) is -1.82. The Morgan fingerprint density at radius 2 is 1.70 bits per heavy atom. The maximum Gasteiger partial charge on any atom is 0.254 e. The first-order valence-electron chi connectivity index (χ1n) is 7.55. The van der Waals surface area contributed by atoms with Crippen LogP contribution in [0.4, 0.5) is 8.78 Å². The van der Waals surface area contributed by atoms with Gasteiger partial charge in [-0.15, -0.1) is 0 Å². The lowest BCUT2D eigenvalue weighted by Gasteiger charge is -2.40. The number of hydrogen-bond acceptors (Lipinski definition) is 2. The zero-order valence-electron chi connectivity index (χ0n) is 12.9. The van der Waals surface area contributed by atoms with E-state index < -0.39 is 11.6 Å². The maximum atomic E-state index is 13.4. The lowest BCUT2D eigenvalue weighted by atomic mass is 10.0. The van der Waals surface area contributed by atoms with Crippen molar-refractivity contribution in [3.8, 4) is 0 Å². The Balaban J connectivity index is 1.93. The standard InChI is InChI=1S/C18H18F2N2O/c1-21-7-8-22(17(12-21)13-5-3-2-4-6-13)18(23)14-9-15(19)11-16(20)10-14/h2-6,9-11,17H,7-8,12H2,1H3. The van der Waals surface area contributed by atoms with Gasteiger partial charge in [0.1, 0.15) is 11.6 Å². The molecule has 1 unspecified atom stereocenters. The van der Waals surface area contributed by atoms with Crippen molar-refractivity contribution in [2.45, 2.75) is 6.04 Å². The SMILES string of the molecule is CN1CCN(C(=O)c2cc(F)cc(F)c2)C(c2ccccc2)C1. The van der Waals surface area contributed by atoms with Gasteiger partial charge < -0.3 is 9.80 Å². The molecule has 0 aromatic heterocycles. The highest BCUT2D eigenvalue weighted by atomic mass is 19.1. The second-order valence-electron chi connectivity index (χ2n) is 5.85. The third-order valence-corrected chi connectivity index (χ3v) is 4.14. The number of carbonyl (C=O) groups is 1. The van der Waals surface area contributed by atoms with Crippen molar-refractivity contribution in [2.75, 3.05) is 26.7 Å². The van der Waals surface area contributed by atoms with Crippen molar-refractivity contribution in [2.24, 2.45) is 0 Å². The normalized spacial score (nSPS) is 18.9. The molecule has 23 heavy (non-hydrogen) atoms. The zero-order chi connectivity index (χ0) is 16.4. The molecule has 1 atom stereocenters. The van der Waals surface area contributed by atoms with Gasteiger partial charge in [0, 0.05) is 31.3 Å². The van der Waals surface area contributed by atoms with Gasteiger partial charge in [0.2, 0.25) is 0 Å². The van der Waals surface area contributed by atoms with Gasteiger partial charge in [0.25, 0.3) is 5.91 Å². The minimum Gasteiger partial charge on any atom is -0.329 e. The molecule has 0 radical (unpaired) electrons. The Hall–Kier alpha value is -2.27. The van der Waals surface area contributed by atoms with Crippen LogP contribution in [0.3, 0.4) is 0 Å². The molecule has 1 heterocycles. The Kier molecular flexibility index (Phi) is 4.39. The predicted molar refractivity (Wildman–Crippen MR) is 84.1 cm³/mol. The lowest BCUT2D eigenvalue weighted by molar-refractivity contribution is 0.0497. The fraction of sp³-hybridized carbons (Fsp3) is 0.278. The van der Waals surface area contributed by atoms with Gasteiger partial charge in [0.15, 0.2) is 0 Å². The quantitative estimate of drug-likeness (QED) is 0.850. The Labute approximate surface area is 134 Å². The Morgan fingerprint density at radius 1 is 1.04 bits per heavy atom. The molecule has 2 aromatic rings. The van der Waals surface area contributed by atoms with Crippen LogP contribution in [-0.4, -0.2) is 42.4 Å². The fourth-order valence-corrected chi connectivity index (χ4v) is 2.97. The van der Waals surface area contributed by atoms with Gasteiger partial charge in [-0.1, -0.05) is 30.3 Å². The highest BCUT2D eigenvalue weighted by Gasteiger charge is 2.31. The molecule has 0 spiro atoms. The average Bonchev–Trinajstić information content (AvgIpc) is 2.54. The second kappa shape index (κ2) is 6.46. The first-order valence-corrected chi connectivity index (χ1v) is 7.55. The van der Waals surface area contributed by atoms with E-state index in [4.69, 9.17) is 0 Å². The van der Waals surface area contributed by atoms with Crippen LogP contribution in [0.2, 0.25) is 0 Å². The molecular weight excluding hydrogens is 298 g/mol. The van der Waals surface area contributed by atoms with Gasteiger partial charge in [0.05, 0.1) is 6.04 Å². The zero-order valence-corrected chi connectivity index (χ0v) is 12.9. The molecule has 0 saturated carbocycles. The van der Waals surface area contributed by atoms with E-state index in [1.54, 1.807) is 4.90 Å². The summed E-state index contributed by atoms with van der Waals surface area (Å²) >= 11 is 0. The number of carbonyl (C=O) groups excluding carboxylic acids is 1. The average molecular weight is 316 g/mol. The minimum absolute atomic E-state index is 0.0491. The van der Waals surface area contributed by atoms with Crippen molar-refractivity contribution in [3.05, 3.63) is 71.3 Å². The summed E-state index contributed by atoms with van der Waals surface area (Å²) in [5, 5.41) is 0. The van der Waals surface area contributed by atoms with E-state index in [1.165, 1.54) is 0 Å². The van der Waals surface area contributed by atoms with Crippen molar-refractivity contribution in [1.82, 2.24) is 9.80 Å². The predicted octanol–water partition coefficient (Wildman–Crippen LogP) is 3.09. The van der Waals surface area contributed by atoms with Crippen LogP contribution >= 0.6 is 0 Å². The van der Waals surface area contributed by atoms with E-state index in [-0.39, 0.29) is 17.5 Å². The molecule has 3 nitrogen and oxygen atoms in total. The smallest absolute Gasteiger partial charge is 0.254 e. The molecule has 0 aliphatic carbocycles. The monoisotopic (exact) mass is 316 g/mol. The summed E-state index contributed by atoms with van der Waals surface area (Å²) in [6, 6.07) is 12.5. The molecule has 2 aromatic carbocycles. The van der Waals surface area contributed by atoms with Crippen molar-refractivity contribution >= 4 is 5.91 Å². The molecule has 3 rings (SSSR count). The summed E-state index contributed by atoms with van der Waals surface area (Å²) in [5.41, 5.74) is 1.07. The summed E-state index contributed by atoms with van der Waals surface area (Å²) in [4.78, 5) is 16.6. The first-order chi connectivity index (χ1) is 11.0. The summed E-state index contributed by atoms with van der Waals surface area (Å²) < 4.78 is 26.8. The molecule has 1 aliphatic rings. The minimum atomic E-state index is -0.737. The number of hydrogen-bond donors (Lipinski definition) is 0. The Bertz CT molecular complexity index is 685. The number of halogens is 2. The van der Waals surface area contributed by atoms with Crippen LogP contribution in [0.25, 0.3) is 0 Å². The number of likely N-dealkylation sites (N-methyl/N-ethyl adjacent to an activating group) is 1. The number of benzene rings is 2. The topological polar surface area (TPSA) is 23.6 Å². The molecule has 1 saturated heterocycles. The third-order valence-electron chi connectivity index (χ3n) is 4.14. The highest BCUT2D eigenvalue weighted by molar-refractivity contribution is 5.94. The summed E-state index contributed by atoms with van der Waals surface area (Å²) in [6.07, 6.45) is 0. The van der Waals surface area contributed by atoms with Crippen LogP contribution in [-0.2, 0) is 0 Å². The first kappa shape index (κ1) is 15.6. The molecule has 1 aliphatic heterocycles. The van der Waals surface area contributed by atoms with Gasteiger partial charge in [-0.05, 0) is 24.7 Å². The third kappa shape index (κ3) is 3.40. The van der Waals surface area contributed by atoms with E-state index >= 15 is 0 Å². The van der Waals surface area contributed by atoms with Crippen LogP contribution in [0.1, 0.15) is 22.0 Å². The lowest BCUT2D eigenvalue weighted by Crippen LogP contribution is -2.49. The number of nitrogens with zero attached hydrogens (tertiary/aromatic N) is 2. The fourth-order valence-electron chi connectivity index (χ4n) is 2.97. The molecule has 0 N–H and O–H groups in total. The number of amides is 1. The Morgan fingerprint density at radius 3 is 2.35 bits per heavy atom. The van der Waals surface area contributed by atoms with E-state index in [9.17, 15) is 13.6 Å². The van der Waals surface area contributed by atoms with Gasteiger partial charge >= 0.3 is 0 Å². The molecule has 120 valence electrons. The molecule has 0 bridgehead atoms. The van der Waals surface area contributed by atoms with Gasteiger partial charge in [-0.25, -0.2) is 8.78 Å².